The first-order chi connectivity index (χ1) is 9.04. The summed E-state index contributed by atoms with van der Waals surface area (Å²) in [5.41, 5.74) is 9.64. The summed E-state index contributed by atoms with van der Waals surface area (Å²) in [5.74, 6) is 0.978. The van der Waals surface area contributed by atoms with Crippen LogP contribution in [0.25, 0.3) is 0 Å². The number of aryl methyl sites for hydroxylation is 2. The zero-order valence-corrected chi connectivity index (χ0v) is 12.8. The van der Waals surface area contributed by atoms with Crippen molar-refractivity contribution in [2.45, 2.75) is 46.1 Å². The molecular formula is C16H28N2O. The van der Waals surface area contributed by atoms with Gasteiger partial charge in [-0.15, -0.1) is 0 Å². The van der Waals surface area contributed by atoms with Gasteiger partial charge in [0.2, 0.25) is 0 Å². The lowest BCUT2D eigenvalue weighted by atomic mass is 10.0. The van der Waals surface area contributed by atoms with E-state index in [1.165, 1.54) is 16.7 Å². The molecule has 3 nitrogen and oxygen atoms in total. The zero-order valence-electron chi connectivity index (χ0n) is 12.8. The number of methoxy groups -OCH3 is 1. The lowest BCUT2D eigenvalue weighted by Crippen LogP contribution is -2.22. The molecule has 0 bridgehead atoms. The van der Waals surface area contributed by atoms with Gasteiger partial charge in [0, 0.05) is 6.04 Å². The van der Waals surface area contributed by atoms with Crippen molar-refractivity contribution in [1.82, 2.24) is 5.32 Å². The summed E-state index contributed by atoms with van der Waals surface area (Å²) in [6.45, 7) is 8.37. The molecule has 0 saturated heterocycles. The number of benzene rings is 1. The van der Waals surface area contributed by atoms with Crippen LogP contribution in [0.4, 0.5) is 0 Å². The van der Waals surface area contributed by atoms with Gasteiger partial charge in [-0.25, -0.2) is 0 Å². The third kappa shape index (κ3) is 5.62. The Labute approximate surface area is 117 Å². The molecule has 0 spiro atoms. The van der Waals surface area contributed by atoms with Gasteiger partial charge in [-0.1, -0.05) is 6.07 Å². The number of hydrogen-bond donors (Lipinski definition) is 2. The largest absolute Gasteiger partial charge is 0.496 e. The molecule has 0 heterocycles. The molecule has 1 unspecified atom stereocenters. The molecule has 0 saturated carbocycles. The van der Waals surface area contributed by atoms with Crippen LogP contribution in [0.3, 0.4) is 0 Å². The Morgan fingerprint density at radius 3 is 2.58 bits per heavy atom. The molecule has 0 radical (unpaired) electrons. The summed E-state index contributed by atoms with van der Waals surface area (Å²) in [4.78, 5) is 0. The van der Waals surface area contributed by atoms with Gasteiger partial charge in [0.25, 0.3) is 0 Å². The molecule has 1 aromatic rings. The van der Waals surface area contributed by atoms with Crippen molar-refractivity contribution in [1.29, 1.82) is 0 Å². The quantitative estimate of drug-likeness (QED) is 0.709. The number of rotatable bonds is 8. The molecule has 0 aliphatic heterocycles. The third-order valence-electron chi connectivity index (χ3n) is 3.44. The lowest BCUT2D eigenvalue weighted by Gasteiger charge is -2.12. The highest BCUT2D eigenvalue weighted by molar-refractivity contribution is 5.41. The number of nitrogens with one attached hydrogen (secondary N) is 1. The van der Waals surface area contributed by atoms with Crippen LogP contribution in [0.1, 0.15) is 36.5 Å². The summed E-state index contributed by atoms with van der Waals surface area (Å²) in [6.07, 6.45) is 3.31. The van der Waals surface area contributed by atoms with E-state index in [1.807, 2.05) is 0 Å². The van der Waals surface area contributed by atoms with Crippen molar-refractivity contribution in [2.75, 3.05) is 20.2 Å². The van der Waals surface area contributed by atoms with E-state index in [9.17, 15) is 0 Å². The van der Waals surface area contributed by atoms with Crippen molar-refractivity contribution < 1.29 is 4.74 Å². The van der Waals surface area contributed by atoms with E-state index in [-0.39, 0.29) is 0 Å². The maximum absolute atomic E-state index is 5.72. The highest BCUT2D eigenvalue weighted by Gasteiger charge is 2.04. The van der Waals surface area contributed by atoms with Gasteiger partial charge in [-0.05, 0) is 75.9 Å². The summed E-state index contributed by atoms with van der Waals surface area (Å²) in [7, 11) is 1.72. The SMILES string of the molecule is COc1cc(C)c(CCNCCCC(C)N)cc1C. The normalized spacial score (nSPS) is 12.5. The maximum Gasteiger partial charge on any atom is 0.122 e. The van der Waals surface area contributed by atoms with Gasteiger partial charge >= 0.3 is 0 Å². The van der Waals surface area contributed by atoms with Crippen molar-refractivity contribution in [3.63, 3.8) is 0 Å². The van der Waals surface area contributed by atoms with Crippen LogP contribution in [0.2, 0.25) is 0 Å². The van der Waals surface area contributed by atoms with E-state index in [4.69, 9.17) is 10.5 Å². The smallest absolute Gasteiger partial charge is 0.122 e. The molecule has 0 aromatic heterocycles. The molecule has 1 rings (SSSR count). The first-order valence-electron chi connectivity index (χ1n) is 7.15. The van der Waals surface area contributed by atoms with Crippen LogP contribution in [-0.2, 0) is 6.42 Å². The second-order valence-electron chi connectivity index (χ2n) is 5.37. The molecule has 0 aliphatic carbocycles. The van der Waals surface area contributed by atoms with Crippen LogP contribution in [0.5, 0.6) is 5.75 Å². The Bertz CT molecular complexity index is 389. The average Bonchev–Trinajstić information content (AvgIpc) is 2.36. The Balaban J connectivity index is 2.35. The minimum Gasteiger partial charge on any atom is -0.496 e. The van der Waals surface area contributed by atoms with Crippen molar-refractivity contribution in [2.24, 2.45) is 5.73 Å². The Morgan fingerprint density at radius 2 is 1.95 bits per heavy atom. The van der Waals surface area contributed by atoms with Crippen LogP contribution in [-0.4, -0.2) is 26.2 Å². The number of ether oxygens (including phenoxy) is 1. The molecule has 1 atom stereocenters. The molecule has 1 aromatic carbocycles. The van der Waals surface area contributed by atoms with Crippen molar-refractivity contribution in [3.8, 4) is 5.75 Å². The molecule has 3 N–H and O–H groups in total. The molecule has 0 amide bonds. The summed E-state index contributed by atoms with van der Waals surface area (Å²) < 4.78 is 5.33. The van der Waals surface area contributed by atoms with E-state index in [1.54, 1.807) is 7.11 Å². The highest BCUT2D eigenvalue weighted by atomic mass is 16.5. The molecule has 108 valence electrons. The average molecular weight is 264 g/mol. The second-order valence-corrected chi connectivity index (χ2v) is 5.37. The number of hydrogen-bond acceptors (Lipinski definition) is 3. The van der Waals surface area contributed by atoms with Crippen LogP contribution >= 0.6 is 0 Å². The minimum absolute atomic E-state index is 0.313. The first-order valence-corrected chi connectivity index (χ1v) is 7.15. The maximum atomic E-state index is 5.72. The van der Waals surface area contributed by atoms with Crippen molar-refractivity contribution in [3.05, 3.63) is 28.8 Å². The second kappa shape index (κ2) is 8.18. The van der Waals surface area contributed by atoms with E-state index in [0.717, 1.165) is 38.1 Å². The topological polar surface area (TPSA) is 47.3 Å². The molecule has 0 fully saturated rings. The van der Waals surface area contributed by atoms with E-state index in [2.05, 4.69) is 38.2 Å². The van der Waals surface area contributed by atoms with Gasteiger partial charge in [0.05, 0.1) is 7.11 Å². The van der Waals surface area contributed by atoms with Gasteiger partial charge in [0.15, 0.2) is 0 Å². The Morgan fingerprint density at radius 1 is 1.21 bits per heavy atom. The van der Waals surface area contributed by atoms with Crippen LogP contribution < -0.4 is 15.8 Å². The summed E-state index contributed by atoms with van der Waals surface area (Å²) in [6, 6.07) is 4.67. The van der Waals surface area contributed by atoms with Gasteiger partial charge in [0.1, 0.15) is 5.75 Å². The predicted molar refractivity (Wildman–Crippen MR) is 81.9 cm³/mol. The van der Waals surface area contributed by atoms with E-state index < -0.39 is 0 Å². The molecule has 3 heteroatoms. The fourth-order valence-electron chi connectivity index (χ4n) is 2.24. The molecular weight excluding hydrogens is 236 g/mol. The highest BCUT2D eigenvalue weighted by Crippen LogP contribution is 2.22. The third-order valence-corrected chi connectivity index (χ3v) is 3.44. The van der Waals surface area contributed by atoms with Gasteiger partial charge < -0.3 is 15.8 Å². The standard InChI is InChI=1S/C16H28N2O/c1-12-11-16(19-4)13(2)10-15(12)7-9-18-8-5-6-14(3)17/h10-11,14,18H,5-9,17H2,1-4H3. The molecule has 0 aliphatic rings. The van der Waals surface area contributed by atoms with Crippen molar-refractivity contribution >= 4 is 0 Å². The first kappa shape index (κ1) is 16.0. The fourth-order valence-corrected chi connectivity index (χ4v) is 2.24. The zero-order chi connectivity index (χ0) is 14.3. The van der Waals surface area contributed by atoms with Crippen LogP contribution in [0, 0.1) is 13.8 Å². The van der Waals surface area contributed by atoms with Gasteiger partial charge in [-0.3, -0.25) is 0 Å². The lowest BCUT2D eigenvalue weighted by molar-refractivity contribution is 0.411. The van der Waals surface area contributed by atoms with E-state index in [0.29, 0.717) is 6.04 Å². The van der Waals surface area contributed by atoms with E-state index >= 15 is 0 Å². The fraction of sp³-hybridized carbons (Fsp3) is 0.625. The Kier molecular flexibility index (Phi) is 6.89. The Hall–Kier alpha value is -1.06. The monoisotopic (exact) mass is 264 g/mol. The minimum atomic E-state index is 0.313. The van der Waals surface area contributed by atoms with Crippen LogP contribution in [0.15, 0.2) is 12.1 Å². The summed E-state index contributed by atoms with van der Waals surface area (Å²) in [5, 5.41) is 3.48. The number of nitrogens with two attached hydrogens (primary N) is 1. The predicted octanol–water partition coefficient (Wildman–Crippen LogP) is 2.57. The summed E-state index contributed by atoms with van der Waals surface area (Å²) >= 11 is 0. The van der Waals surface area contributed by atoms with Gasteiger partial charge in [-0.2, -0.15) is 0 Å². The molecule has 19 heavy (non-hydrogen) atoms.